The van der Waals surface area contributed by atoms with Crippen LogP contribution in [0.1, 0.15) is 18.0 Å². The first kappa shape index (κ1) is 17.9. The summed E-state index contributed by atoms with van der Waals surface area (Å²) in [5.41, 5.74) is 6.12. The molecule has 0 saturated heterocycles. The van der Waals surface area contributed by atoms with Gasteiger partial charge < -0.3 is 10.5 Å². The summed E-state index contributed by atoms with van der Waals surface area (Å²) < 4.78 is 31.3. The normalized spacial score (nSPS) is 12.2. The number of nitrogens with two attached hydrogens (primary N) is 1. The Labute approximate surface area is 139 Å². The van der Waals surface area contributed by atoms with Crippen LogP contribution in [0.4, 0.5) is 8.78 Å². The van der Waals surface area contributed by atoms with Crippen molar-refractivity contribution in [2.45, 2.75) is 12.5 Å². The van der Waals surface area contributed by atoms with Crippen LogP contribution in [-0.4, -0.2) is 31.0 Å². The third kappa shape index (κ3) is 5.03. The van der Waals surface area contributed by atoms with E-state index in [4.69, 9.17) is 10.5 Å². The molecule has 1 amide bonds. The van der Waals surface area contributed by atoms with Crippen LogP contribution >= 0.6 is 0 Å². The van der Waals surface area contributed by atoms with Crippen molar-refractivity contribution in [3.05, 3.63) is 65.7 Å². The average molecular weight is 334 g/mol. The highest BCUT2D eigenvalue weighted by molar-refractivity contribution is 5.81. The Morgan fingerprint density at radius 1 is 1.08 bits per heavy atom. The molecular formula is C18H20F2N2O2. The minimum absolute atomic E-state index is 0.314. The number of benzene rings is 2. The molecule has 1 atom stereocenters. The molecule has 0 unspecified atom stereocenters. The number of hydrogen-bond donors (Lipinski definition) is 1. The Balaban J connectivity index is 1.86. The van der Waals surface area contributed by atoms with Gasteiger partial charge in [0.25, 0.3) is 0 Å². The Morgan fingerprint density at radius 3 is 2.17 bits per heavy atom. The van der Waals surface area contributed by atoms with Gasteiger partial charge in [0.05, 0.1) is 6.61 Å². The number of halogens is 2. The molecule has 2 N–H and O–H groups in total. The van der Waals surface area contributed by atoms with Gasteiger partial charge in [-0.3, -0.25) is 9.69 Å². The molecule has 2 rings (SSSR count). The monoisotopic (exact) mass is 334 g/mol. The van der Waals surface area contributed by atoms with Crippen LogP contribution in [0.25, 0.3) is 0 Å². The second-order valence-corrected chi connectivity index (χ2v) is 5.49. The molecule has 0 aromatic heterocycles. The molecule has 2 aromatic carbocycles. The molecule has 0 aliphatic heterocycles. The van der Waals surface area contributed by atoms with Crippen molar-refractivity contribution >= 4 is 5.91 Å². The standard InChI is InChI=1S/C18H20F2N2O2/c1-22(11-2-12-24-16-9-7-15(20)8-10-16)17(18(21)23)13-3-5-14(19)6-4-13/h3-10,17H,2,11-12H2,1H3,(H2,21,23)/t17-/m1/s1. The summed E-state index contributed by atoms with van der Waals surface area (Å²) in [6.45, 7) is 0.983. The lowest BCUT2D eigenvalue weighted by molar-refractivity contribution is -0.123. The maximum Gasteiger partial charge on any atom is 0.239 e. The Kier molecular flexibility index (Phi) is 6.26. The summed E-state index contributed by atoms with van der Waals surface area (Å²) in [4.78, 5) is 13.5. The SMILES string of the molecule is CN(CCCOc1ccc(F)cc1)[C@@H](C(N)=O)c1ccc(F)cc1. The summed E-state index contributed by atoms with van der Waals surface area (Å²) in [5.74, 6) is -0.587. The molecule has 0 spiro atoms. The van der Waals surface area contributed by atoms with Crippen molar-refractivity contribution in [3.8, 4) is 5.75 Å². The molecule has 0 radical (unpaired) electrons. The molecule has 0 bridgehead atoms. The molecular weight excluding hydrogens is 314 g/mol. The Bertz CT molecular complexity index is 660. The first-order valence-electron chi connectivity index (χ1n) is 7.61. The number of ether oxygens (including phenoxy) is 1. The molecule has 2 aromatic rings. The number of hydrogen-bond acceptors (Lipinski definition) is 3. The molecule has 4 nitrogen and oxygen atoms in total. The van der Waals surface area contributed by atoms with E-state index in [0.717, 1.165) is 0 Å². The summed E-state index contributed by atoms with van der Waals surface area (Å²) in [6, 6.07) is 10.9. The average Bonchev–Trinajstić information content (AvgIpc) is 2.55. The van der Waals surface area contributed by atoms with Gasteiger partial charge in [-0.2, -0.15) is 0 Å². The second kappa shape index (κ2) is 8.40. The lowest BCUT2D eigenvalue weighted by Crippen LogP contribution is -2.36. The summed E-state index contributed by atoms with van der Waals surface area (Å²) in [6.07, 6.45) is 0.652. The number of amides is 1. The van der Waals surface area contributed by atoms with Crippen molar-refractivity contribution in [3.63, 3.8) is 0 Å². The lowest BCUT2D eigenvalue weighted by atomic mass is 10.0. The van der Waals surface area contributed by atoms with E-state index in [2.05, 4.69) is 0 Å². The van der Waals surface area contributed by atoms with E-state index < -0.39 is 11.9 Å². The molecule has 6 heteroatoms. The van der Waals surface area contributed by atoms with Crippen molar-refractivity contribution in [1.29, 1.82) is 0 Å². The molecule has 128 valence electrons. The number of primary amides is 1. The largest absolute Gasteiger partial charge is 0.494 e. The van der Waals surface area contributed by atoms with Crippen molar-refractivity contribution in [1.82, 2.24) is 4.90 Å². The van der Waals surface area contributed by atoms with Crippen LogP contribution < -0.4 is 10.5 Å². The number of rotatable bonds is 8. The van der Waals surface area contributed by atoms with Gasteiger partial charge in [-0.1, -0.05) is 12.1 Å². The molecule has 0 aliphatic rings. The Hall–Kier alpha value is -2.47. The van der Waals surface area contributed by atoms with E-state index in [0.29, 0.717) is 30.9 Å². The zero-order valence-corrected chi connectivity index (χ0v) is 13.4. The predicted octanol–water partition coefficient (Wildman–Crippen LogP) is 2.89. The van der Waals surface area contributed by atoms with Crippen LogP contribution in [0.2, 0.25) is 0 Å². The second-order valence-electron chi connectivity index (χ2n) is 5.49. The first-order chi connectivity index (χ1) is 11.5. The van der Waals surface area contributed by atoms with Gasteiger partial charge >= 0.3 is 0 Å². The number of carbonyl (C=O) groups excluding carboxylic acids is 1. The fourth-order valence-electron chi connectivity index (χ4n) is 2.44. The molecule has 0 aliphatic carbocycles. The zero-order valence-electron chi connectivity index (χ0n) is 13.4. The van der Waals surface area contributed by atoms with Gasteiger partial charge in [0.15, 0.2) is 0 Å². The zero-order chi connectivity index (χ0) is 17.5. The summed E-state index contributed by atoms with van der Waals surface area (Å²) >= 11 is 0. The maximum absolute atomic E-state index is 13.0. The minimum Gasteiger partial charge on any atom is -0.494 e. The van der Waals surface area contributed by atoms with E-state index >= 15 is 0 Å². The molecule has 24 heavy (non-hydrogen) atoms. The van der Waals surface area contributed by atoms with Gasteiger partial charge in [0.1, 0.15) is 23.4 Å². The van der Waals surface area contributed by atoms with Crippen LogP contribution in [0, 0.1) is 11.6 Å². The highest BCUT2D eigenvalue weighted by atomic mass is 19.1. The van der Waals surface area contributed by atoms with Gasteiger partial charge in [0, 0.05) is 6.54 Å². The molecule has 0 saturated carbocycles. The summed E-state index contributed by atoms with van der Waals surface area (Å²) in [5, 5.41) is 0. The van der Waals surface area contributed by atoms with Crippen LogP contribution in [-0.2, 0) is 4.79 Å². The van der Waals surface area contributed by atoms with E-state index in [1.54, 1.807) is 36.2 Å². The van der Waals surface area contributed by atoms with Gasteiger partial charge in [-0.05, 0) is 55.4 Å². The van der Waals surface area contributed by atoms with E-state index in [1.807, 2.05) is 0 Å². The lowest BCUT2D eigenvalue weighted by Gasteiger charge is -2.25. The van der Waals surface area contributed by atoms with E-state index in [-0.39, 0.29) is 11.6 Å². The number of nitrogens with zero attached hydrogens (tertiary/aromatic N) is 1. The van der Waals surface area contributed by atoms with Crippen molar-refractivity contribution < 1.29 is 18.3 Å². The number of likely N-dealkylation sites (N-methyl/N-ethyl adjacent to an activating group) is 1. The number of carbonyl (C=O) groups is 1. The highest BCUT2D eigenvalue weighted by Crippen LogP contribution is 2.20. The Morgan fingerprint density at radius 2 is 1.62 bits per heavy atom. The first-order valence-corrected chi connectivity index (χ1v) is 7.61. The van der Waals surface area contributed by atoms with Gasteiger partial charge in [0.2, 0.25) is 5.91 Å². The minimum atomic E-state index is -0.628. The smallest absolute Gasteiger partial charge is 0.239 e. The van der Waals surface area contributed by atoms with Crippen molar-refractivity contribution in [2.75, 3.05) is 20.2 Å². The van der Waals surface area contributed by atoms with Crippen LogP contribution in [0.15, 0.2) is 48.5 Å². The third-order valence-electron chi connectivity index (χ3n) is 3.63. The van der Waals surface area contributed by atoms with Crippen LogP contribution in [0.3, 0.4) is 0 Å². The summed E-state index contributed by atoms with van der Waals surface area (Å²) in [7, 11) is 1.77. The topological polar surface area (TPSA) is 55.6 Å². The quantitative estimate of drug-likeness (QED) is 0.755. The fourth-order valence-corrected chi connectivity index (χ4v) is 2.44. The van der Waals surface area contributed by atoms with Gasteiger partial charge in [-0.15, -0.1) is 0 Å². The molecule has 0 fully saturated rings. The van der Waals surface area contributed by atoms with Crippen molar-refractivity contribution in [2.24, 2.45) is 5.73 Å². The molecule has 0 heterocycles. The van der Waals surface area contributed by atoms with Crippen LogP contribution in [0.5, 0.6) is 5.75 Å². The van der Waals surface area contributed by atoms with E-state index in [1.165, 1.54) is 24.3 Å². The van der Waals surface area contributed by atoms with E-state index in [9.17, 15) is 13.6 Å². The third-order valence-corrected chi connectivity index (χ3v) is 3.63. The highest BCUT2D eigenvalue weighted by Gasteiger charge is 2.22. The predicted molar refractivity (Wildman–Crippen MR) is 87.5 cm³/mol. The fraction of sp³-hybridized carbons (Fsp3) is 0.278. The van der Waals surface area contributed by atoms with Gasteiger partial charge in [-0.25, -0.2) is 8.78 Å². The maximum atomic E-state index is 13.0.